The highest BCUT2D eigenvalue weighted by Gasteiger charge is 2.11. The minimum Gasteiger partial charge on any atom is -0.469 e. The maximum atomic E-state index is 14.2. The third-order valence-electron chi connectivity index (χ3n) is 3.23. The normalized spacial score (nSPS) is 10.2. The highest BCUT2D eigenvalue weighted by molar-refractivity contribution is 14.1. The van der Waals surface area contributed by atoms with Gasteiger partial charge in [0.1, 0.15) is 11.6 Å². The summed E-state index contributed by atoms with van der Waals surface area (Å²) >= 11 is 2.13. The molecule has 4 nitrogen and oxygen atoms in total. The minimum absolute atomic E-state index is 0.142. The molecule has 2 aromatic rings. The van der Waals surface area contributed by atoms with Gasteiger partial charge in [-0.05, 0) is 46.2 Å². The van der Waals surface area contributed by atoms with E-state index in [4.69, 9.17) is 9.47 Å². The number of carbonyl (C=O) groups is 1. The molecule has 2 rings (SSSR count). The number of hydrogen-bond acceptors (Lipinski definition) is 4. The molecular weight excluding hydrogens is 426 g/mol. The first-order valence-corrected chi connectivity index (χ1v) is 8.24. The zero-order valence-corrected chi connectivity index (χ0v) is 15.5. The molecule has 0 fully saturated rings. The predicted molar refractivity (Wildman–Crippen MR) is 97.3 cm³/mol. The van der Waals surface area contributed by atoms with Gasteiger partial charge in [0.15, 0.2) is 6.79 Å². The number of fused-ring (bicyclic) bond motifs is 1. The summed E-state index contributed by atoms with van der Waals surface area (Å²) in [6.07, 6.45) is 0.496. The van der Waals surface area contributed by atoms with Gasteiger partial charge in [-0.15, -0.1) is 0 Å². The van der Waals surface area contributed by atoms with Crippen LogP contribution in [0.4, 0.5) is 4.39 Å². The second kappa shape index (κ2) is 8.85. The summed E-state index contributed by atoms with van der Waals surface area (Å²) in [6, 6.07) is 6.69. The molecular formula is C18H16FIO4. The smallest absolute Gasteiger partial charge is 0.306 e. The molecule has 0 saturated heterocycles. The monoisotopic (exact) mass is 442 g/mol. The van der Waals surface area contributed by atoms with Gasteiger partial charge >= 0.3 is 5.97 Å². The fraction of sp³-hybridized carbons (Fsp3) is 0.278. The molecule has 0 aliphatic rings. The van der Waals surface area contributed by atoms with Gasteiger partial charge < -0.3 is 14.2 Å². The molecule has 0 N–H and O–H groups in total. The Kier molecular flexibility index (Phi) is 6.82. The van der Waals surface area contributed by atoms with Crippen molar-refractivity contribution in [3.63, 3.8) is 0 Å². The van der Waals surface area contributed by atoms with E-state index in [9.17, 15) is 9.18 Å². The maximum Gasteiger partial charge on any atom is 0.306 e. The van der Waals surface area contributed by atoms with Gasteiger partial charge in [-0.3, -0.25) is 4.79 Å². The lowest BCUT2D eigenvalue weighted by Gasteiger charge is -2.10. The molecule has 0 aliphatic heterocycles. The van der Waals surface area contributed by atoms with Crippen molar-refractivity contribution in [3.05, 3.63) is 39.2 Å². The molecule has 2 aromatic carbocycles. The zero-order valence-electron chi connectivity index (χ0n) is 13.3. The summed E-state index contributed by atoms with van der Waals surface area (Å²) in [7, 11) is 2.87. The van der Waals surface area contributed by atoms with Crippen LogP contribution in [0.25, 0.3) is 10.8 Å². The molecule has 0 spiro atoms. The molecule has 0 radical (unpaired) electrons. The summed E-state index contributed by atoms with van der Waals surface area (Å²) < 4.78 is 29.9. The van der Waals surface area contributed by atoms with Crippen molar-refractivity contribution >= 4 is 39.3 Å². The van der Waals surface area contributed by atoms with Gasteiger partial charge in [-0.1, -0.05) is 17.9 Å². The number of halogens is 2. The van der Waals surface area contributed by atoms with E-state index in [0.717, 1.165) is 14.3 Å². The van der Waals surface area contributed by atoms with Crippen LogP contribution in [-0.4, -0.2) is 27.0 Å². The Bertz CT molecular complexity index is 808. The van der Waals surface area contributed by atoms with Gasteiger partial charge in [-0.2, -0.15) is 0 Å². The molecule has 0 amide bonds. The van der Waals surface area contributed by atoms with Crippen LogP contribution in [-0.2, 0) is 14.3 Å². The van der Waals surface area contributed by atoms with Gasteiger partial charge in [0.2, 0.25) is 0 Å². The van der Waals surface area contributed by atoms with E-state index in [1.54, 1.807) is 19.2 Å². The van der Waals surface area contributed by atoms with Crippen molar-refractivity contribution < 1.29 is 23.4 Å². The Hall–Kier alpha value is -1.85. The van der Waals surface area contributed by atoms with E-state index in [0.29, 0.717) is 17.7 Å². The lowest BCUT2D eigenvalue weighted by molar-refractivity contribution is -0.140. The van der Waals surface area contributed by atoms with Crippen molar-refractivity contribution in [2.75, 3.05) is 21.0 Å². The molecule has 6 heteroatoms. The molecule has 0 unspecified atom stereocenters. The lowest BCUT2D eigenvalue weighted by atomic mass is 10.0. The second-order valence-corrected chi connectivity index (χ2v) is 6.02. The Labute approximate surface area is 153 Å². The number of carbonyl (C=O) groups excluding carboxylic acids is 1. The quantitative estimate of drug-likeness (QED) is 0.305. The predicted octanol–water partition coefficient (Wildman–Crippen LogP) is 3.87. The van der Waals surface area contributed by atoms with E-state index in [-0.39, 0.29) is 19.2 Å². The molecule has 126 valence electrons. The number of methoxy groups -OCH3 is 2. The van der Waals surface area contributed by atoms with Crippen LogP contribution in [0.3, 0.4) is 0 Å². The maximum absolute atomic E-state index is 14.2. The summed E-state index contributed by atoms with van der Waals surface area (Å²) in [4.78, 5) is 11.1. The fourth-order valence-corrected chi connectivity index (χ4v) is 3.00. The van der Waals surface area contributed by atoms with Crippen LogP contribution in [0.15, 0.2) is 24.3 Å². The fourth-order valence-electron chi connectivity index (χ4n) is 2.11. The van der Waals surface area contributed by atoms with Crippen LogP contribution in [0.1, 0.15) is 18.4 Å². The van der Waals surface area contributed by atoms with E-state index < -0.39 is 5.82 Å². The first kappa shape index (κ1) is 18.5. The first-order valence-electron chi connectivity index (χ1n) is 7.16. The van der Waals surface area contributed by atoms with Gasteiger partial charge in [-0.25, -0.2) is 4.39 Å². The van der Waals surface area contributed by atoms with Crippen molar-refractivity contribution in [1.82, 2.24) is 0 Å². The summed E-state index contributed by atoms with van der Waals surface area (Å²) in [5.41, 5.74) is 0.319. The van der Waals surface area contributed by atoms with Crippen molar-refractivity contribution in [2.24, 2.45) is 0 Å². The number of hydrogen-bond donors (Lipinski definition) is 0. The third-order valence-corrected chi connectivity index (χ3v) is 4.08. The van der Waals surface area contributed by atoms with E-state index >= 15 is 0 Å². The molecule has 0 bridgehead atoms. The van der Waals surface area contributed by atoms with Gasteiger partial charge in [0.25, 0.3) is 0 Å². The number of esters is 1. The summed E-state index contributed by atoms with van der Waals surface area (Å²) in [5, 5.41) is 1.55. The molecule has 0 aliphatic carbocycles. The lowest BCUT2D eigenvalue weighted by Crippen LogP contribution is -2.00. The zero-order chi connectivity index (χ0) is 17.5. The van der Waals surface area contributed by atoms with Crippen molar-refractivity contribution in [3.8, 4) is 17.6 Å². The number of rotatable bonds is 5. The Balaban J connectivity index is 2.37. The van der Waals surface area contributed by atoms with Crippen LogP contribution >= 0.6 is 22.6 Å². The SMILES string of the molecule is COCOc1cc(I)c2c(C#CCCC(=O)OC)c(F)ccc2c1. The first-order chi connectivity index (χ1) is 11.6. The minimum atomic E-state index is -0.392. The van der Waals surface area contributed by atoms with Crippen molar-refractivity contribution in [1.29, 1.82) is 0 Å². The standard InChI is InChI=1S/C18H16FIO4/c1-22-11-24-13-9-12-7-8-15(19)14(18(12)16(20)10-13)5-3-4-6-17(21)23-2/h7-10H,4,6,11H2,1-2H3. The number of ether oxygens (including phenoxy) is 3. The topological polar surface area (TPSA) is 44.8 Å². The van der Waals surface area contributed by atoms with Gasteiger partial charge in [0, 0.05) is 22.5 Å². The molecule has 0 heterocycles. The highest BCUT2D eigenvalue weighted by Crippen LogP contribution is 2.30. The Morgan fingerprint density at radius 1 is 1.29 bits per heavy atom. The van der Waals surface area contributed by atoms with Crippen molar-refractivity contribution in [2.45, 2.75) is 12.8 Å². The summed E-state index contributed by atoms with van der Waals surface area (Å²) in [5.74, 6) is 5.58. The molecule has 0 aromatic heterocycles. The van der Waals surface area contributed by atoms with Crippen LogP contribution in [0.2, 0.25) is 0 Å². The molecule has 0 saturated carbocycles. The molecule has 0 atom stereocenters. The average Bonchev–Trinajstić information content (AvgIpc) is 2.58. The second-order valence-electron chi connectivity index (χ2n) is 4.85. The largest absolute Gasteiger partial charge is 0.469 e. The van der Waals surface area contributed by atoms with Gasteiger partial charge in [0.05, 0.1) is 19.1 Å². The van der Waals surface area contributed by atoms with Crippen LogP contribution in [0.5, 0.6) is 5.75 Å². The summed E-state index contributed by atoms with van der Waals surface area (Å²) in [6.45, 7) is 0.142. The average molecular weight is 442 g/mol. The van der Waals surface area contributed by atoms with E-state index in [2.05, 4.69) is 39.2 Å². The molecule has 24 heavy (non-hydrogen) atoms. The van der Waals surface area contributed by atoms with Crippen LogP contribution in [0, 0.1) is 21.2 Å². The van der Waals surface area contributed by atoms with Crippen LogP contribution < -0.4 is 4.74 Å². The Morgan fingerprint density at radius 3 is 2.79 bits per heavy atom. The highest BCUT2D eigenvalue weighted by atomic mass is 127. The Morgan fingerprint density at radius 2 is 2.08 bits per heavy atom. The van der Waals surface area contributed by atoms with E-state index in [1.165, 1.54) is 13.2 Å². The number of benzene rings is 2. The third kappa shape index (κ3) is 4.58. The van der Waals surface area contributed by atoms with E-state index in [1.807, 2.05) is 6.07 Å².